The molecule has 1 aliphatic rings. The zero-order chi connectivity index (χ0) is 21.4. The number of H-pyrrole nitrogens is 1. The highest BCUT2D eigenvalue weighted by molar-refractivity contribution is 5.96. The normalized spacial score (nSPS) is 16.1. The summed E-state index contributed by atoms with van der Waals surface area (Å²) in [5.41, 5.74) is 1.90. The van der Waals surface area contributed by atoms with E-state index in [2.05, 4.69) is 20.3 Å². The fraction of sp³-hybridized carbons (Fsp3) is 0.238. The molecule has 5 rings (SSSR count). The molecular weight excluding hydrogens is 402 g/mol. The van der Waals surface area contributed by atoms with Gasteiger partial charge in [0.1, 0.15) is 22.9 Å². The van der Waals surface area contributed by atoms with Crippen molar-refractivity contribution in [1.82, 2.24) is 20.3 Å². The minimum Gasteiger partial charge on any atom is -0.497 e. The van der Waals surface area contributed by atoms with Crippen molar-refractivity contribution in [2.45, 2.75) is 12.3 Å². The number of nitrogens with one attached hydrogen (secondary N) is 1. The second-order valence-corrected chi connectivity index (χ2v) is 7.08. The van der Waals surface area contributed by atoms with Gasteiger partial charge in [0.15, 0.2) is 11.6 Å². The summed E-state index contributed by atoms with van der Waals surface area (Å²) in [5, 5.41) is 11.2. The number of anilines is 1. The van der Waals surface area contributed by atoms with Gasteiger partial charge in [-0.2, -0.15) is 10.1 Å². The number of ether oxygens (including phenoxy) is 2. The van der Waals surface area contributed by atoms with Crippen LogP contribution in [0.2, 0.25) is 0 Å². The lowest BCUT2D eigenvalue weighted by molar-refractivity contribution is -0.117. The van der Waals surface area contributed by atoms with Gasteiger partial charge in [-0.1, -0.05) is 5.16 Å². The first-order chi connectivity index (χ1) is 15.1. The first-order valence-electron chi connectivity index (χ1n) is 9.61. The van der Waals surface area contributed by atoms with Crippen molar-refractivity contribution in [2.24, 2.45) is 0 Å². The molecular formula is C21H19N5O5. The predicted octanol–water partition coefficient (Wildman–Crippen LogP) is 3.26. The van der Waals surface area contributed by atoms with E-state index >= 15 is 0 Å². The standard InChI is InChI=1S/C21H19N5O5/c1-28-14-7-13(8-15(9-14)29-2)26-11-12(6-19(26)27)20-22-21(31-25-20)17-10-16(23-24-17)18-4-3-5-30-18/h3-5,7-10,12H,6,11H2,1-2H3,(H,23,24). The van der Waals surface area contributed by atoms with Crippen LogP contribution < -0.4 is 14.4 Å². The second-order valence-electron chi connectivity index (χ2n) is 7.08. The molecule has 1 amide bonds. The van der Waals surface area contributed by atoms with Gasteiger partial charge < -0.3 is 23.3 Å². The summed E-state index contributed by atoms with van der Waals surface area (Å²) in [4.78, 5) is 18.9. The third kappa shape index (κ3) is 3.52. The topological polar surface area (TPSA) is 120 Å². The van der Waals surface area contributed by atoms with Gasteiger partial charge >= 0.3 is 0 Å². The first-order valence-corrected chi connectivity index (χ1v) is 9.61. The summed E-state index contributed by atoms with van der Waals surface area (Å²) in [6, 6.07) is 10.7. The molecule has 0 spiro atoms. The summed E-state index contributed by atoms with van der Waals surface area (Å²) >= 11 is 0. The van der Waals surface area contributed by atoms with E-state index in [0.29, 0.717) is 52.6 Å². The van der Waals surface area contributed by atoms with E-state index in [1.807, 2.05) is 6.07 Å². The van der Waals surface area contributed by atoms with Gasteiger partial charge in [-0.15, -0.1) is 0 Å². The molecule has 1 N–H and O–H groups in total. The molecule has 1 saturated heterocycles. The maximum absolute atomic E-state index is 12.7. The van der Waals surface area contributed by atoms with Crippen molar-refractivity contribution >= 4 is 11.6 Å². The van der Waals surface area contributed by atoms with Crippen LogP contribution in [0.15, 0.2) is 51.6 Å². The summed E-state index contributed by atoms with van der Waals surface area (Å²) in [5.74, 6) is 2.39. The Bertz CT molecular complexity index is 1190. The van der Waals surface area contributed by atoms with Gasteiger partial charge in [0.05, 0.1) is 26.2 Å². The lowest BCUT2D eigenvalue weighted by Crippen LogP contribution is -2.24. The van der Waals surface area contributed by atoms with E-state index < -0.39 is 0 Å². The average Bonchev–Trinajstić information content (AvgIpc) is 3.58. The van der Waals surface area contributed by atoms with Gasteiger partial charge in [0.25, 0.3) is 5.89 Å². The summed E-state index contributed by atoms with van der Waals surface area (Å²) in [6.07, 6.45) is 1.86. The van der Waals surface area contributed by atoms with Crippen molar-refractivity contribution < 1.29 is 23.2 Å². The van der Waals surface area contributed by atoms with Gasteiger partial charge in [-0.25, -0.2) is 0 Å². The number of nitrogens with zero attached hydrogens (tertiary/aromatic N) is 4. The summed E-state index contributed by atoms with van der Waals surface area (Å²) in [7, 11) is 3.14. The van der Waals surface area contributed by atoms with Crippen molar-refractivity contribution in [2.75, 3.05) is 25.7 Å². The molecule has 1 unspecified atom stereocenters. The van der Waals surface area contributed by atoms with E-state index in [-0.39, 0.29) is 18.2 Å². The summed E-state index contributed by atoms with van der Waals surface area (Å²) in [6.45, 7) is 0.425. The smallest absolute Gasteiger partial charge is 0.275 e. The molecule has 4 aromatic rings. The van der Waals surface area contributed by atoms with Crippen LogP contribution in [-0.4, -0.2) is 47.0 Å². The number of methoxy groups -OCH3 is 2. The molecule has 1 aliphatic heterocycles. The van der Waals surface area contributed by atoms with Crippen LogP contribution in [-0.2, 0) is 4.79 Å². The molecule has 31 heavy (non-hydrogen) atoms. The third-order valence-electron chi connectivity index (χ3n) is 5.16. The monoisotopic (exact) mass is 421 g/mol. The molecule has 4 heterocycles. The van der Waals surface area contributed by atoms with Crippen LogP contribution in [0, 0.1) is 0 Å². The first kappa shape index (κ1) is 18.9. The van der Waals surface area contributed by atoms with Crippen LogP contribution >= 0.6 is 0 Å². The molecule has 10 heteroatoms. The highest BCUT2D eigenvalue weighted by Gasteiger charge is 2.35. The molecule has 0 bridgehead atoms. The Balaban J connectivity index is 1.36. The number of furan rings is 1. The number of amides is 1. The van der Waals surface area contributed by atoms with Crippen LogP contribution in [0.4, 0.5) is 5.69 Å². The molecule has 158 valence electrons. The number of carbonyl (C=O) groups is 1. The Morgan fingerprint density at radius 2 is 1.97 bits per heavy atom. The fourth-order valence-corrected chi connectivity index (χ4v) is 3.57. The van der Waals surface area contributed by atoms with Crippen molar-refractivity contribution in [1.29, 1.82) is 0 Å². The highest BCUT2D eigenvalue weighted by Crippen LogP contribution is 2.35. The van der Waals surface area contributed by atoms with Crippen LogP contribution in [0.5, 0.6) is 11.5 Å². The van der Waals surface area contributed by atoms with Gasteiger partial charge in [0, 0.05) is 43.1 Å². The Hall–Kier alpha value is -4.08. The lowest BCUT2D eigenvalue weighted by Gasteiger charge is -2.18. The molecule has 0 radical (unpaired) electrons. The van der Waals surface area contributed by atoms with Crippen LogP contribution in [0.1, 0.15) is 18.2 Å². The minimum atomic E-state index is -0.199. The van der Waals surface area contributed by atoms with Crippen molar-refractivity contribution in [3.05, 3.63) is 48.5 Å². The van der Waals surface area contributed by atoms with E-state index in [1.165, 1.54) is 0 Å². The van der Waals surface area contributed by atoms with E-state index in [9.17, 15) is 4.79 Å². The zero-order valence-corrected chi connectivity index (χ0v) is 16.9. The number of hydrogen-bond donors (Lipinski definition) is 1. The molecule has 1 fully saturated rings. The maximum atomic E-state index is 12.7. The second kappa shape index (κ2) is 7.63. The van der Waals surface area contributed by atoms with Gasteiger partial charge in [-0.3, -0.25) is 9.89 Å². The zero-order valence-electron chi connectivity index (χ0n) is 16.9. The maximum Gasteiger partial charge on any atom is 0.275 e. The van der Waals surface area contributed by atoms with Crippen LogP contribution in [0.25, 0.3) is 23.0 Å². The number of aromatic nitrogens is 4. The number of aromatic amines is 1. The summed E-state index contributed by atoms with van der Waals surface area (Å²) < 4.78 is 21.4. The van der Waals surface area contributed by atoms with E-state index in [0.717, 1.165) is 0 Å². The molecule has 3 aromatic heterocycles. The molecule has 0 saturated carbocycles. The third-order valence-corrected chi connectivity index (χ3v) is 5.16. The Labute approximate surface area is 176 Å². The molecule has 1 aromatic carbocycles. The SMILES string of the molecule is COc1cc(OC)cc(N2CC(c3noc(-c4cc(-c5ccco5)n[nH]4)n3)CC2=O)c1. The van der Waals surface area contributed by atoms with E-state index in [1.54, 1.807) is 55.7 Å². The largest absolute Gasteiger partial charge is 0.497 e. The quantitative estimate of drug-likeness (QED) is 0.504. The molecule has 1 atom stereocenters. The Morgan fingerprint density at radius 3 is 2.68 bits per heavy atom. The Kier molecular flexibility index (Phi) is 4.66. The van der Waals surface area contributed by atoms with Crippen molar-refractivity contribution in [3.63, 3.8) is 0 Å². The molecule has 10 nitrogen and oxygen atoms in total. The van der Waals surface area contributed by atoms with Crippen LogP contribution in [0.3, 0.4) is 0 Å². The van der Waals surface area contributed by atoms with E-state index in [4.69, 9.17) is 18.4 Å². The molecule has 0 aliphatic carbocycles. The number of carbonyl (C=O) groups excluding carboxylic acids is 1. The fourth-order valence-electron chi connectivity index (χ4n) is 3.57. The average molecular weight is 421 g/mol. The van der Waals surface area contributed by atoms with Gasteiger partial charge in [0.2, 0.25) is 5.91 Å². The highest BCUT2D eigenvalue weighted by atomic mass is 16.5. The van der Waals surface area contributed by atoms with Crippen molar-refractivity contribution in [3.8, 4) is 34.5 Å². The Morgan fingerprint density at radius 1 is 1.16 bits per heavy atom. The van der Waals surface area contributed by atoms with Gasteiger partial charge in [-0.05, 0) is 12.1 Å². The number of rotatable bonds is 6. The lowest BCUT2D eigenvalue weighted by atomic mass is 10.1. The number of hydrogen-bond acceptors (Lipinski definition) is 8. The predicted molar refractivity (Wildman–Crippen MR) is 109 cm³/mol. The number of benzene rings is 1. The minimum absolute atomic E-state index is 0.0340.